The SMILES string of the molecule is [2H]c1c([2H])c([2H])c2c([2H])c(B3OC(C)(C)C(C)(C)O3)c([2H])c([2H])c2c1[2H]. The first-order valence-electron chi connectivity index (χ1n) is 9.67. The van der Waals surface area contributed by atoms with E-state index in [9.17, 15) is 0 Å². The highest BCUT2D eigenvalue weighted by Gasteiger charge is 2.51. The summed E-state index contributed by atoms with van der Waals surface area (Å²) in [6.07, 6.45) is 0. The zero-order chi connectivity index (χ0) is 19.8. The van der Waals surface area contributed by atoms with E-state index in [1.54, 1.807) is 0 Å². The lowest BCUT2D eigenvalue weighted by molar-refractivity contribution is 0.00578. The topological polar surface area (TPSA) is 18.5 Å². The van der Waals surface area contributed by atoms with E-state index < -0.39 is 42.5 Å². The molecule has 19 heavy (non-hydrogen) atoms. The molecule has 0 saturated carbocycles. The van der Waals surface area contributed by atoms with Gasteiger partial charge in [-0.2, -0.15) is 0 Å². The molecule has 2 nitrogen and oxygen atoms in total. The molecular formula is C16H19BO2. The molecule has 0 amide bonds. The van der Waals surface area contributed by atoms with Crippen LogP contribution < -0.4 is 5.46 Å². The molecular weight excluding hydrogens is 235 g/mol. The van der Waals surface area contributed by atoms with Crippen LogP contribution >= 0.6 is 0 Å². The number of benzene rings is 2. The van der Waals surface area contributed by atoms with E-state index in [1.807, 2.05) is 27.7 Å². The van der Waals surface area contributed by atoms with Crippen molar-refractivity contribution in [2.24, 2.45) is 0 Å². The van der Waals surface area contributed by atoms with Crippen LogP contribution in [0.2, 0.25) is 0 Å². The van der Waals surface area contributed by atoms with Crippen molar-refractivity contribution in [3.8, 4) is 0 Å². The zero-order valence-corrected chi connectivity index (χ0v) is 11.4. The second-order valence-corrected chi connectivity index (χ2v) is 5.63. The Morgan fingerprint density at radius 1 is 0.895 bits per heavy atom. The summed E-state index contributed by atoms with van der Waals surface area (Å²) in [4.78, 5) is 0. The molecule has 0 spiro atoms. The largest absolute Gasteiger partial charge is 0.494 e. The predicted molar refractivity (Wildman–Crippen MR) is 79.7 cm³/mol. The predicted octanol–water partition coefficient (Wildman–Crippen LogP) is 3.14. The molecule has 0 aliphatic carbocycles. The maximum atomic E-state index is 8.49. The van der Waals surface area contributed by atoms with Gasteiger partial charge in [-0.15, -0.1) is 0 Å². The highest BCUT2D eigenvalue weighted by Crippen LogP contribution is 2.36. The van der Waals surface area contributed by atoms with E-state index >= 15 is 0 Å². The summed E-state index contributed by atoms with van der Waals surface area (Å²) in [5.74, 6) is 0. The van der Waals surface area contributed by atoms with E-state index in [-0.39, 0.29) is 34.4 Å². The number of hydrogen-bond acceptors (Lipinski definition) is 2. The Kier molecular flexibility index (Phi) is 1.49. The number of rotatable bonds is 1. The monoisotopic (exact) mass is 261 g/mol. The summed E-state index contributed by atoms with van der Waals surface area (Å²) in [6, 6.07) is -2.76. The Bertz CT molecular complexity index is 927. The van der Waals surface area contributed by atoms with Crippen molar-refractivity contribution >= 4 is 23.4 Å². The van der Waals surface area contributed by atoms with Gasteiger partial charge in [-0.3, -0.25) is 0 Å². The quantitative estimate of drug-likeness (QED) is 0.734. The first-order valence-corrected chi connectivity index (χ1v) is 6.17. The molecule has 2 aromatic carbocycles. The molecule has 1 saturated heterocycles. The number of hydrogen-bond donors (Lipinski definition) is 0. The third-order valence-corrected chi connectivity index (χ3v) is 3.76. The van der Waals surface area contributed by atoms with Gasteiger partial charge in [0.1, 0.15) is 0 Å². The summed E-state index contributed by atoms with van der Waals surface area (Å²) in [5.41, 5.74) is -1.40. The van der Waals surface area contributed by atoms with Crippen LogP contribution in [-0.4, -0.2) is 18.3 Å². The van der Waals surface area contributed by atoms with Crippen molar-refractivity contribution in [2.45, 2.75) is 38.9 Å². The third kappa shape index (κ3) is 2.07. The molecule has 0 unspecified atom stereocenters. The van der Waals surface area contributed by atoms with Crippen LogP contribution in [0.5, 0.6) is 0 Å². The Labute approximate surface area is 124 Å². The molecule has 2 aromatic rings. The van der Waals surface area contributed by atoms with Gasteiger partial charge in [-0.05, 0) is 43.9 Å². The molecule has 1 aliphatic rings. The van der Waals surface area contributed by atoms with Crippen molar-refractivity contribution in [3.63, 3.8) is 0 Å². The van der Waals surface area contributed by atoms with E-state index in [0.717, 1.165) is 0 Å². The Balaban J connectivity index is 2.37. The minimum atomic E-state index is -1.06. The molecule has 0 bridgehead atoms. The maximum Gasteiger partial charge on any atom is 0.494 e. The summed E-state index contributed by atoms with van der Waals surface area (Å²) in [6.45, 7) is 7.31. The first kappa shape index (κ1) is 6.91. The van der Waals surface area contributed by atoms with Crippen molar-refractivity contribution < 1.29 is 18.9 Å². The second-order valence-electron chi connectivity index (χ2n) is 5.63. The van der Waals surface area contributed by atoms with E-state index in [2.05, 4.69) is 0 Å². The fraction of sp³-hybridized carbons (Fsp3) is 0.375. The van der Waals surface area contributed by atoms with Crippen LogP contribution in [0.3, 0.4) is 0 Å². The highest BCUT2D eigenvalue weighted by atomic mass is 16.7. The van der Waals surface area contributed by atoms with Crippen molar-refractivity contribution in [2.75, 3.05) is 0 Å². The average molecular weight is 261 g/mol. The summed E-state index contributed by atoms with van der Waals surface area (Å²) < 4.78 is 68.6. The fourth-order valence-corrected chi connectivity index (χ4v) is 1.87. The zero-order valence-electron chi connectivity index (χ0n) is 18.4. The molecule has 98 valence electrons. The van der Waals surface area contributed by atoms with Crippen LogP contribution in [0, 0.1) is 0 Å². The van der Waals surface area contributed by atoms with Gasteiger partial charge in [0.05, 0.1) is 20.8 Å². The maximum absolute atomic E-state index is 8.49. The van der Waals surface area contributed by atoms with E-state index in [1.165, 1.54) is 0 Å². The van der Waals surface area contributed by atoms with Crippen LogP contribution in [-0.2, 0) is 9.31 Å². The lowest BCUT2D eigenvalue weighted by Crippen LogP contribution is -2.41. The van der Waals surface area contributed by atoms with E-state index in [4.69, 9.17) is 18.9 Å². The highest BCUT2D eigenvalue weighted by molar-refractivity contribution is 6.62. The molecule has 3 rings (SSSR count). The minimum absolute atomic E-state index is 0.00572. The van der Waals surface area contributed by atoms with Gasteiger partial charge in [0.15, 0.2) is 0 Å². The van der Waals surface area contributed by atoms with Crippen LogP contribution in [0.1, 0.15) is 37.3 Å². The van der Waals surface area contributed by atoms with Gasteiger partial charge in [0.2, 0.25) is 0 Å². The van der Waals surface area contributed by atoms with Crippen LogP contribution in [0.4, 0.5) is 0 Å². The molecule has 0 aromatic heterocycles. The third-order valence-electron chi connectivity index (χ3n) is 3.76. The van der Waals surface area contributed by atoms with Crippen molar-refractivity contribution in [1.29, 1.82) is 0 Å². The van der Waals surface area contributed by atoms with Gasteiger partial charge < -0.3 is 9.31 Å². The molecule has 0 atom stereocenters. The molecule has 1 fully saturated rings. The van der Waals surface area contributed by atoms with Gasteiger partial charge >= 0.3 is 7.12 Å². The second kappa shape index (κ2) is 4.09. The van der Waals surface area contributed by atoms with Crippen LogP contribution in [0.25, 0.3) is 10.8 Å². The summed E-state index contributed by atoms with van der Waals surface area (Å²) in [7, 11) is -1.06. The smallest absolute Gasteiger partial charge is 0.399 e. The van der Waals surface area contributed by atoms with Crippen molar-refractivity contribution in [3.05, 3.63) is 42.3 Å². The summed E-state index contributed by atoms with van der Waals surface area (Å²) in [5, 5.41) is -0.229. The molecule has 3 heteroatoms. The molecule has 0 radical (unpaired) electrons. The van der Waals surface area contributed by atoms with Gasteiger partial charge in [0.25, 0.3) is 0 Å². The minimum Gasteiger partial charge on any atom is -0.399 e. The fourth-order valence-electron chi connectivity index (χ4n) is 1.87. The van der Waals surface area contributed by atoms with Gasteiger partial charge in [0, 0.05) is 0 Å². The molecule has 0 N–H and O–H groups in total. The van der Waals surface area contributed by atoms with E-state index in [0.29, 0.717) is 0 Å². The lowest BCUT2D eigenvalue weighted by atomic mass is 9.78. The van der Waals surface area contributed by atoms with Crippen molar-refractivity contribution in [1.82, 2.24) is 0 Å². The summed E-state index contributed by atoms with van der Waals surface area (Å²) >= 11 is 0. The van der Waals surface area contributed by atoms with Gasteiger partial charge in [-0.25, -0.2) is 0 Å². The Hall–Kier alpha value is -1.32. The standard InChI is InChI=1S/C16H19BO2/c1-15(2)16(3,4)19-17(18-15)14-10-9-12-7-5-6-8-13(12)11-14/h5-11H,1-4H3/i5D,6D,7D,8D,9D,10D,11D. The van der Waals surface area contributed by atoms with Crippen LogP contribution in [0.15, 0.2) is 42.3 Å². The lowest BCUT2D eigenvalue weighted by Gasteiger charge is -2.32. The number of fused-ring (bicyclic) bond motifs is 1. The van der Waals surface area contributed by atoms with Gasteiger partial charge in [-0.1, -0.05) is 42.3 Å². The Morgan fingerprint density at radius 3 is 2.11 bits per heavy atom. The normalized spacial score (nSPS) is 26.1. The first-order chi connectivity index (χ1) is 11.8. The molecule has 1 heterocycles. The molecule has 1 aliphatic heterocycles. The average Bonchev–Trinajstić information content (AvgIpc) is 2.74. The Morgan fingerprint density at radius 2 is 1.47 bits per heavy atom.